The lowest BCUT2D eigenvalue weighted by Crippen LogP contribution is -2.41. The lowest BCUT2D eigenvalue weighted by Gasteiger charge is -2.33. The van der Waals surface area contributed by atoms with Gasteiger partial charge in [0, 0.05) is 12.0 Å². The maximum Gasteiger partial charge on any atom is 0.149 e. The van der Waals surface area contributed by atoms with E-state index in [1.807, 2.05) is 0 Å². The fourth-order valence-electron chi connectivity index (χ4n) is 2.53. The quantitative estimate of drug-likeness (QED) is 0.691. The first-order valence-electron chi connectivity index (χ1n) is 6.95. The molecule has 0 aromatic rings. The second kappa shape index (κ2) is 7.05. The molecule has 1 aliphatic carbocycles. The first-order valence-corrected chi connectivity index (χ1v) is 6.95. The molecule has 0 N–H and O–H groups in total. The van der Waals surface area contributed by atoms with Crippen LogP contribution in [-0.2, 0) is 4.79 Å². The van der Waals surface area contributed by atoms with Gasteiger partial charge in [0.2, 0.25) is 0 Å². The molecule has 1 atom stereocenters. The first-order chi connectivity index (χ1) is 7.69. The summed E-state index contributed by atoms with van der Waals surface area (Å²) in [5.41, 5.74) is 0. The van der Waals surface area contributed by atoms with E-state index >= 15 is 0 Å². The number of hydrogen-bond acceptors (Lipinski definition) is 2. The molecule has 1 unspecified atom stereocenters. The third-order valence-electron chi connectivity index (χ3n) is 4.02. The minimum atomic E-state index is 0.234. The lowest BCUT2D eigenvalue weighted by molar-refractivity contribution is -0.124. The zero-order valence-electron chi connectivity index (χ0n) is 11.2. The van der Waals surface area contributed by atoms with Gasteiger partial charge in [0.1, 0.15) is 5.78 Å². The third kappa shape index (κ3) is 3.89. The van der Waals surface area contributed by atoms with Crippen molar-refractivity contribution in [3.05, 3.63) is 0 Å². The molecule has 0 aromatic carbocycles. The molecule has 0 bridgehead atoms. The van der Waals surface area contributed by atoms with Gasteiger partial charge in [-0.2, -0.15) is 0 Å². The van der Waals surface area contributed by atoms with Gasteiger partial charge in [0.15, 0.2) is 0 Å². The van der Waals surface area contributed by atoms with E-state index in [1.165, 1.54) is 32.1 Å². The van der Waals surface area contributed by atoms with Crippen molar-refractivity contribution >= 4 is 5.78 Å². The molecule has 1 saturated carbocycles. The number of carbonyl (C=O) groups excluding carboxylic acids is 1. The average Bonchev–Trinajstić information content (AvgIpc) is 2.35. The summed E-state index contributed by atoms with van der Waals surface area (Å²) in [6.45, 7) is 8.03. The fraction of sp³-hybridized carbons (Fsp3) is 0.929. The Kier molecular flexibility index (Phi) is 6.04. The van der Waals surface area contributed by atoms with E-state index < -0.39 is 0 Å². The van der Waals surface area contributed by atoms with Crippen molar-refractivity contribution in [3.63, 3.8) is 0 Å². The van der Waals surface area contributed by atoms with Gasteiger partial charge >= 0.3 is 0 Å². The molecule has 0 spiro atoms. The summed E-state index contributed by atoms with van der Waals surface area (Å²) in [4.78, 5) is 14.3. The van der Waals surface area contributed by atoms with Crippen LogP contribution < -0.4 is 0 Å². The molecule has 0 radical (unpaired) electrons. The van der Waals surface area contributed by atoms with Crippen molar-refractivity contribution in [3.8, 4) is 0 Å². The van der Waals surface area contributed by atoms with Gasteiger partial charge in [-0.15, -0.1) is 0 Å². The number of likely N-dealkylation sites (N-methyl/N-ethyl adjacent to an activating group) is 1. The molecule has 1 rings (SSSR count). The van der Waals surface area contributed by atoms with Crippen LogP contribution in [0.1, 0.15) is 59.3 Å². The van der Waals surface area contributed by atoms with Crippen LogP contribution in [0.4, 0.5) is 0 Å². The Hall–Kier alpha value is -0.370. The summed E-state index contributed by atoms with van der Waals surface area (Å²) in [6.07, 6.45) is 7.63. The summed E-state index contributed by atoms with van der Waals surface area (Å²) < 4.78 is 0. The highest BCUT2D eigenvalue weighted by atomic mass is 16.1. The summed E-state index contributed by atoms with van der Waals surface area (Å²) in [5, 5.41) is 0. The van der Waals surface area contributed by atoms with Gasteiger partial charge in [-0.1, -0.05) is 40.0 Å². The fourth-order valence-corrected chi connectivity index (χ4v) is 2.53. The molecular weight excluding hydrogens is 198 g/mol. The largest absolute Gasteiger partial charge is 0.298 e. The van der Waals surface area contributed by atoms with Crippen LogP contribution in [0, 0.1) is 5.92 Å². The molecule has 1 fully saturated rings. The van der Waals surface area contributed by atoms with E-state index in [9.17, 15) is 4.79 Å². The third-order valence-corrected chi connectivity index (χ3v) is 4.02. The van der Waals surface area contributed by atoms with Crippen molar-refractivity contribution in [1.82, 2.24) is 4.90 Å². The zero-order chi connectivity index (χ0) is 12.0. The molecule has 0 amide bonds. The van der Waals surface area contributed by atoms with Crippen LogP contribution in [0.15, 0.2) is 0 Å². The first kappa shape index (κ1) is 13.7. The molecule has 0 aliphatic heterocycles. The summed E-state index contributed by atoms with van der Waals surface area (Å²) in [7, 11) is 0. The molecule has 0 saturated heterocycles. The number of Topliss-reactive ketones (excluding diaryl/α,β-unsaturated/α-hetero) is 1. The standard InChI is InChI=1S/C14H27NO/c1-4-12(3)14(16)11-15(5-2)13-9-7-6-8-10-13/h12-13H,4-11H2,1-3H3. The Labute approximate surface area is 100 Å². The smallest absolute Gasteiger partial charge is 0.149 e. The van der Waals surface area contributed by atoms with Crippen molar-refractivity contribution < 1.29 is 4.79 Å². The topological polar surface area (TPSA) is 20.3 Å². The van der Waals surface area contributed by atoms with Crippen LogP contribution in [0.25, 0.3) is 0 Å². The maximum atomic E-state index is 11.9. The van der Waals surface area contributed by atoms with E-state index in [0.717, 1.165) is 13.0 Å². The average molecular weight is 225 g/mol. The highest BCUT2D eigenvalue weighted by Crippen LogP contribution is 2.22. The van der Waals surface area contributed by atoms with E-state index in [-0.39, 0.29) is 5.92 Å². The predicted octanol–water partition coefficient (Wildman–Crippen LogP) is 3.26. The Morgan fingerprint density at radius 1 is 1.25 bits per heavy atom. The van der Waals surface area contributed by atoms with Crippen LogP contribution >= 0.6 is 0 Å². The van der Waals surface area contributed by atoms with Crippen LogP contribution in [0.5, 0.6) is 0 Å². The normalized spacial score (nSPS) is 20.0. The van der Waals surface area contributed by atoms with E-state index in [1.54, 1.807) is 0 Å². The van der Waals surface area contributed by atoms with Gasteiger partial charge in [-0.25, -0.2) is 0 Å². The van der Waals surface area contributed by atoms with Crippen LogP contribution in [0.2, 0.25) is 0 Å². The molecule has 94 valence electrons. The van der Waals surface area contributed by atoms with Crippen LogP contribution in [0.3, 0.4) is 0 Å². The van der Waals surface area contributed by atoms with E-state index in [0.29, 0.717) is 18.4 Å². The van der Waals surface area contributed by atoms with Gasteiger partial charge in [-0.05, 0) is 25.8 Å². The van der Waals surface area contributed by atoms with Crippen molar-refractivity contribution in [1.29, 1.82) is 0 Å². The van der Waals surface area contributed by atoms with Gasteiger partial charge in [0.05, 0.1) is 6.54 Å². The number of ketones is 1. The van der Waals surface area contributed by atoms with Gasteiger partial charge in [-0.3, -0.25) is 9.69 Å². The summed E-state index contributed by atoms with van der Waals surface area (Å²) >= 11 is 0. The Bertz CT molecular complexity index is 209. The maximum absolute atomic E-state index is 11.9. The number of nitrogens with zero attached hydrogens (tertiary/aromatic N) is 1. The number of carbonyl (C=O) groups is 1. The van der Waals surface area contributed by atoms with E-state index in [4.69, 9.17) is 0 Å². The molecule has 1 aliphatic rings. The molecule has 0 aromatic heterocycles. The highest BCUT2D eigenvalue weighted by molar-refractivity contribution is 5.82. The predicted molar refractivity (Wildman–Crippen MR) is 68.6 cm³/mol. The SMILES string of the molecule is CCC(C)C(=O)CN(CC)C1CCCCC1. The van der Waals surface area contributed by atoms with Gasteiger partial charge < -0.3 is 0 Å². The second-order valence-electron chi connectivity index (χ2n) is 5.13. The van der Waals surface area contributed by atoms with Crippen molar-refractivity contribution in [2.45, 2.75) is 65.3 Å². The molecular formula is C14H27NO. The van der Waals surface area contributed by atoms with Crippen LogP contribution in [-0.4, -0.2) is 29.8 Å². The monoisotopic (exact) mass is 225 g/mol. The summed E-state index contributed by atoms with van der Waals surface area (Å²) in [6, 6.07) is 0.673. The minimum Gasteiger partial charge on any atom is -0.298 e. The van der Waals surface area contributed by atoms with Gasteiger partial charge in [0.25, 0.3) is 0 Å². The highest BCUT2D eigenvalue weighted by Gasteiger charge is 2.23. The summed E-state index contributed by atoms with van der Waals surface area (Å²) in [5.74, 6) is 0.660. The number of rotatable bonds is 6. The Balaban J connectivity index is 2.44. The van der Waals surface area contributed by atoms with Crippen molar-refractivity contribution in [2.24, 2.45) is 5.92 Å². The lowest BCUT2D eigenvalue weighted by atomic mass is 9.93. The molecule has 2 heteroatoms. The Morgan fingerprint density at radius 3 is 2.38 bits per heavy atom. The minimum absolute atomic E-state index is 0.234. The second-order valence-corrected chi connectivity index (χ2v) is 5.13. The molecule has 16 heavy (non-hydrogen) atoms. The van der Waals surface area contributed by atoms with Crippen molar-refractivity contribution in [2.75, 3.05) is 13.1 Å². The molecule has 2 nitrogen and oxygen atoms in total. The molecule has 0 heterocycles. The zero-order valence-corrected chi connectivity index (χ0v) is 11.2. The number of hydrogen-bond donors (Lipinski definition) is 0. The Morgan fingerprint density at radius 2 is 1.88 bits per heavy atom. The van der Waals surface area contributed by atoms with E-state index in [2.05, 4.69) is 25.7 Å².